The predicted molar refractivity (Wildman–Crippen MR) is 59.0 cm³/mol. The van der Waals surface area contributed by atoms with Crippen molar-refractivity contribution in [1.29, 1.82) is 5.26 Å². The van der Waals surface area contributed by atoms with E-state index in [0.29, 0.717) is 15.6 Å². The highest BCUT2D eigenvalue weighted by Gasteiger charge is 2.08. The smallest absolute Gasteiger partial charge is 0.259 e. The molecule has 0 radical (unpaired) electrons. The lowest BCUT2D eigenvalue weighted by atomic mass is 10.3. The second kappa shape index (κ2) is 4.51. The zero-order valence-electron chi connectivity index (χ0n) is 8.04. The first-order valence-electron chi connectivity index (χ1n) is 4.37. The monoisotopic (exact) mass is 230 g/mol. The van der Waals surface area contributed by atoms with Crippen molar-refractivity contribution < 1.29 is 4.79 Å². The van der Waals surface area contributed by atoms with E-state index in [9.17, 15) is 4.79 Å². The maximum Gasteiger partial charge on any atom is 0.259 e. The van der Waals surface area contributed by atoms with Crippen LogP contribution in [0.25, 0.3) is 0 Å². The van der Waals surface area contributed by atoms with E-state index >= 15 is 0 Å². The Bertz CT molecular complexity index is 543. The van der Waals surface area contributed by atoms with Crippen LogP contribution in [0.1, 0.15) is 15.2 Å². The number of carbonyl (C=O) groups is 1. The summed E-state index contributed by atoms with van der Waals surface area (Å²) in [5.41, 5.74) is 0.455. The highest BCUT2D eigenvalue weighted by Crippen LogP contribution is 2.17. The van der Waals surface area contributed by atoms with Crippen molar-refractivity contribution in [2.75, 3.05) is 5.32 Å². The number of nitrogens with one attached hydrogen (secondary N) is 1. The standard InChI is InChI=1S/C10H6N4OS/c11-4-8-6-13-10(16-8)14-9(15)7-2-1-3-12-5-7/h1-3,5-6H,(H,13,14,15). The van der Waals surface area contributed by atoms with E-state index in [1.807, 2.05) is 6.07 Å². The molecule has 2 rings (SSSR count). The molecule has 0 unspecified atom stereocenters. The number of pyridine rings is 1. The maximum atomic E-state index is 11.6. The molecule has 0 aromatic carbocycles. The number of anilines is 1. The van der Waals surface area contributed by atoms with Crippen molar-refractivity contribution in [2.24, 2.45) is 0 Å². The minimum atomic E-state index is -0.285. The van der Waals surface area contributed by atoms with Crippen LogP contribution >= 0.6 is 11.3 Å². The molecule has 0 fully saturated rings. The predicted octanol–water partition coefficient (Wildman–Crippen LogP) is 1.66. The van der Waals surface area contributed by atoms with Gasteiger partial charge in [0.2, 0.25) is 0 Å². The summed E-state index contributed by atoms with van der Waals surface area (Å²) in [6.45, 7) is 0. The van der Waals surface area contributed by atoms with Gasteiger partial charge in [-0.2, -0.15) is 5.26 Å². The van der Waals surface area contributed by atoms with Crippen LogP contribution in [0.3, 0.4) is 0 Å². The van der Waals surface area contributed by atoms with E-state index in [1.165, 1.54) is 12.4 Å². The summed E-state index contributed by atoms with van der Waals surface area (Å²) >= 11 is 1.13. The highest BCUT2D eigenvalue weighted by molar-refractivity contribution is 7.16. The lowest BCUT2D eigenvalue weighted by Gasteiger charge is -1.99. The Hall–Kier alpha value is -2.26. The molecule has 0 aliphatic carbocycles. The van der Waals surface area contributed by atoms with Crippen LogP contribution in [-0.2, 0) is 0 Å². The number of hydrogen-bond acceptors (Lipinski definition) is 5. The molecule has 2 heterocycles. The first-order chi connectivity index (χ1) is 7.79. The Kier molecular flexibility index (Phi) is 2.89. The van der Waals surface area contributed by atoms with Crippen LogP contribution in [0.2, 0.25) is 0 Å². The average Bonchev–Trinajstić information content (AvgIpc) is 2.78. The van der Waals surface area contributed by atoms with Crippen molar-refractivity contribution in [3.8, 4) is 6.07 Å². The fraction of sp³-hybridized carbons (Fsp3) is 0. The van der Waals surface area contributed by atoms with Gasteiger partial charge < -0.3 is 0 Å². The number of nitrogens with zero attached hydrogens (tertiary/aromatic N) is 3. The molecule has 0 bridgehead atoms. The summed E-state index contributed by atoms with van der Waals surface area (Å²) in [7, 11) is 0. The van der Waals surface area contributed by atoms with Crippen LogP contribution in [0.5, 0.6) is 0 Å². The molecule has 6 heteroatoms. The fourth-order valence-corrected chi connectivity index (χ4v) is 1.66. The molecule has 0 aliphatic rings. The van der Waals surface area contributed by atoms with Crippen LogP contribution in [0.15, 0.2) is 30.7 Å². The minimum Gasteiger partial charge on any atom is -0.298 e. The topological polar surface area (TPSA) is 78.7 Å². The summed E-state index contributed by atoms with van der Waals surface area (Å²) in [5, 5.41) is 11.6. The van der Waals surface area contributed by atoms with Gasteiger partial charge in [-0.3, -0.25) is 15.1 Å². The number of hydrogen-bond donors (Lipinski definition) is 1. The Morgan fingerprint density at radius 1 is 1.50 bits per heavy atom. The first-order valence-corrected chi connectivity index (χ1v) is 5.18. The van der Waals surface area contributed by atoms with Crippen LogP contribution in [-0.4, -0.2) is 15.9 Å². The van der Waals surface area contributed by atoms with Gasteiger partial charge in [0.15, 0.2) is 5.13 Å². The molecule has 5 nitrogen and oxygen atoms in total. The van der Waals surface area contributed by atoms with E-state index in [-0.39, 0.29) is 5.91 Å². The van der Waals surface area contributed by atoms with Crippen LogP contribution < -0.4 is 5.32 Å². The van der Waals surface area contributed by atoms with E-state index in [0.717, 1.165) is 11.3 Å². The number of nitriles is 1. The molecule has 0 spiro atoms. The molecule has 78 valence electrons. The Morgan fingerprint density at radius 3 is 3.00 bits per heavy atom. The fourth-order valence-electron chi connectivity index (χ4n) is 1.05. The van der Waals surface area contributed by atoms with E-state index in [1.54, 1.807) is 18.3 Å². The van der Waals surface area contributed by atoms with Gasteiger partial charge in [0, 0.05) is 12.4 Å². The molecule has 1 amide bonds. The van der Waals surface area contributed by atoms with Gasteiger partial charge in [-0.1, -0.05) is 11.3 Å². The molecule has 16 heavy (non-hydrogen) atoms. The lowest BCUT2D eigenvalue weighted by Crippen LogP contribution is -2.11. The number of aromatic nitrogens is 2. The molecule has 2 aromatic rings. The normalized spacial score (nSPS) is 9.44. The van der Waals surface area contributed by atoms with Crippen LogP contribution in [0, 0.1) is 11.3 Å². The van der Waals surface area contributed by atoms with Crippen molar-refractivity contribution >= 4 is 22.4 Å². The zero-order valence-corrected chi connectivity index (χ0v) is 8.86. The van der Waals surface area contributed by atoms with E-state index < -0.39 is 0 Å². The summed E-state index contributed by atoms with van der Waals surface area (Å²) in [6, 6.07) is 5.28. The van der Waals surface area contributed by atoms with Crippen molar-refractivity contribution in [3.63, 3.8) is 0 Å². The molecular formula is C10H6N4OS. The van der Waals surface area contributed by atoms with Crippen LogP contribution in [0.4, 0.5) is 5.13 Å². The summed E-state index contributed by atoms with van der Waals surface area (Å²) in [6.07, 6.45) is 4.48. The third kappa shape index (κ3) is 2.21. The van der Waals surface area contributed by atoms with Crippen molar-refractivity contribution in [3.05, 3.63) is 41.2 Å². The van der Waals surface area contributed by atoms with Gasteiger partial charge >= 0.3 is 0 Å². The van der Waals surface area contributed by atoms with Crippen molar-refractivity contribution in [2.45, 2.75) is 0 Å². The maximum absolute atomic E-state index is 11.6. The minimum absolute atomic E-state index is 0.285. The third-order valence-corrected chi connectivity index (χ3v) is 2.58. The largest absolute Gasteiger partial charge is 0.298 e. The zero-order chi connectivity index (χ0) is 11.4. The summed E-state index contributed by atoms with van der Waals surface area (Å²) in [5.74, 6) is -0.285. The SMILES string of the molecule is N#Cc1cnc(NC(=O)c2cccnc2)s1. The molecule has 0 aliphatic heterocycles. The molecule has 2 aromatic heterocycles. The number of thiazole rings is 1. The Labute approximate surface area is 95.4 Å². The quantitative estimate of drug-likeness (QED) is 0.850. The van der Waals surface area contributed by atoms with Gasteiger partial charge in [-0.25, -0.2) is 4.98 Å². The van der Waals surface area contributed by atoms with E-state index in [4.69, 9.17) is 5.26 Å². The summed E-state index contributed by atoms with van der Waals surface area (Å²) in [4.78, 5) is 19.8. The second-order valence-corrected chi connectivity index (χ2v) is 3.87. The Balaban J connectivity index is 2.11. The first kappa shape index (κ1) is 10.3. The van der Waals surface area contributed by atoms with Gasteiger partial charge in [0.25, 0.3) is 5.91 Å². The van der Waals surface area contributed by atoms with Gasteiger partial charge in [-0.15, -0.1) is 0 Å². The average molecular weight is 230 g/mol. The highest BCUT2D eigenvalue weighted by atomic mass is 32.1. The summed E-state index contributed by atoms with van der Waals surface area (Å²) < 4.78 is 0. The van der Waals surface area contributed by atoms with E-state index in [2.05, 4.69) is 15.3 Å². The molecule has 0 saturated heterocycles. The third-order valence-electron chi connectivity index (χ3n) is 1.76. The molecular weight excluding hydrogens is 224 g/mol. The number of rotatable bonds is 2. The number of amides is 1. The van der Waals surface area contributed by atoms with Gasteiger partial charge in [-0.05, 0) is 12.1 Å². The van der Waals surface area contributed by atoms with Gasteiger partial charge in [0.05, 0.1) is 11.8 Å². The van der Waals surface area contributed by atoms with Crippen molar-refractivity contribution in [1.82, 2.24) is 9.97 Å². The second-order valence-electron chi connectivity index (χ2n) is 2.84. The molecule has 1 N–H and O–H groups in total. The number of carbonyl (C=O) groups excluding carboxylic acids is 1. The van der Waals surface area contributed by atoms with Gasteiger partial charge in [0.1, 0.15) is 10.9 Å². The Morgan fingerprint density at radius 2 is 2.38 bits per heavy atom. The molecule has 0 atom stereocenters. The molecule has 0 saturated carbocycles. The lowest BCUT2D eigenvalue weighted by molar-refractivity contribution is 0.102.